The highest BCUT2D eigenvalue weighted by Gasteiger charge is 2.30. The number of ether oxygens (including phenoxy) is 1. The number of nitrogens with one attached hydrogen (secondary N) is 1. The summed E-state index contributed by atoms with van der Waals surface area (Å²) >= 11 is 0. The van der Waals surface area contributed by atoms with Gasteiger partial charge in [0.25, 0.3) is 0 Å². The van der Waals surface area contributed by atoms with Gasteiger partial charge in [-0.05, 0) is 18.6 Å². The number of nitrogens with zero attached hydrogens (tertiary/aromatic N) is 4. The number of likely N-dealkylation sites (tertiary alicyclic amines) is 1. The van der Waals surface area contributed by atoms with Crippen LogP contribution in [0.1, 0.15) is 24.6 Å². The number of imidazole rings is 1. The molecule has 2 amide bonds. The summed E-state index contributed by atoms with van der Waals surface area (Å²) in [6, 6.07) is 3.66. The van der Waals surface area contributed by atoms with E-state index in [1.54, 1.807) is 11.1 Å². The highest BCUT2D eigenvalue weighted by Crippen LogP contribution is 2.28. The average Bonchev–Trinajstić information content (AvgIpc) is 3.20. The molecule has 0 aliphatic carbocycles. The SMILES string of the molecule is COC(=O)CCNC(=O)N1CCC(c2nc3cccnc3n2C)C1. The molecule has 0 saturated carbocycles. The molecule has 1 N–H and O–H groups in total. The third-order valence-corrected chi connectivity index (χ3v) is 4.34. The number of hydrogen-bond donors (Lipinski definition) is 1. The van der Waals surface area contributed by atoms with Crippen LogP contribution in [0.5, 0.6) is 0 Å². The third kappa shape index (κ3) is 3.17. The van der Waals surface area contributed by atoms with Gasteiger partial charge in [-0.15, -0.1) is 0 Å². The second-order valence-electron chi connectivity index (χ2n) is 5.86. The summed E-state index contributed by atoms with van der Waals surface area (Å²) in [4.78, 5) is 34.0. The van der Waals surface area contributed by atoms with Gasteiger partial charge in [-0.25, -0.2) is 14.8 Å². The van der Waals surface area contributed by atoms with Gasteiger partial charge in [-0.3, -0.25) is 4.79 Å². The summed E-state index contributed by atoms with van der Waals surface area (Å²) in [5, 5.41) is 2.75. The van der Waals surface area contributed by atoms with Crippen LogP contribution in [0.4, 0.5) is 4.79 Å². The molecule has 128 valence electrons. The van der Waals surface area contributed by atoms with E-state index in [-0.39, 0.29) is 30.9 Å². The Hall–Kier alpha value is -2.64. The van der Waals surface area contributed by atoms with Gasteiger partial charge in [-0.1, -0.05) is 0 Å². The molecule has 1 atom stereocenters. The van der Waals surface area contributed by atoms with Gasteiger partial charge in [-0.2, -0.15) is 0 Å². The predicted molar refractivity (Wildman–Crippen MR) is 87.5 cm³/mol. The van der Waals surface area contributed by atoms with Crippen LogP contribution in [0.15, 0.2) is 18.3 Å². The topological polar surface area (TPSA) is 89.3 Å². The van der Waals surface area contributed by atoms with Crippen molar-refractivity contribution in [1.29, 1.82) is 0 Å². The van der Waals surface area contributed by atoms with Crippen LogP contribution in [0.2, 0.25) is 0 Å². The van der Waals surface area contributed by atoms with Crippen LogP contribution in [0, 0.1) is 0 Å². The molecule has 3 rings (SSSR count). The minimum absolute atomic E-state index is 0.154. The Bertz CT molecular complexity index is 757. The molecule has 1 saturated heterocycles. The number of aryl methyl sites for hydroxylation is 1. The van der Waals surface area contributed by atoms with E-state index in [9.17, 15) is 9.59 Å². The lowest BCUT2D eigenvalue weighted by molar-refractivity contribution is -0.140. The fourth-order valence-electron chi connectivity index (χ4n) is 3.05. The first kappa shape index (κ1) is 16.2. The van der Waals surface area contributed by atoms with Crippen molar-refractivity contribution in [3.05, 3.63) is 24.2 Å². The van der Waals surface area contributed by atoms with Gasteiger partial charge in [0.15, 0.2) is 5.65 Å². The Balaban J connectivity index is 1.61. The molecule has 0 radical (unpaired) electrons. The highest BCUT2D eigenvalue weighted by atomic mass is 16.5. The van der Waals surface area contributed by atoms with Crippen molar-refractivity contribution in [2.75, 3.05) is 26.7 Å². The lowest BCUT2D eigenvalue weighted by atomic mass is 10.1. The Morgan fingerprint density at radius 1 is 1.46 bits per heavy atom. The normalized spacial score (nSPS) is 17.2. The zero-order valence-electron chi connectivity index (χ0n) is 13.9. The zero-order chi connectivity index (χ0) is 17.1. The maximum absolute atomic E-state index is 12.2. The van der Waals surface area contributed by atoms with Crippen LogP contribution in [-0.4, -0.2) is 58.2 Å². The number of methoxy groups -OCH3 is 1. The minimum Gasteiger partial charge on any atom is -0.469 e. The number of aromatic nitrogens is 3. The maximum atomic E-state index is 12.2. The standard InChI is InChI=1S/C16H21N5O3/c1-20-14(19-12-4-3-7-17-15(12)20)11-6-9-21(10-11)16(23)18-8-5-13(22)24-2/h3-4,7,11H,5-6,8-10H2,1-2H3,(H,18,23). The summed E-state index contributed by atoms with van der Waals surface area (Å²) in [5.41, 5.74) is 1.73. The molecular weight excluding hydrogens is 310 g/mol. The molecule has 0 bridgehead atoms. The molecule has 1 fully saturated rings. The fourth-order valence-corrected chi connectivity index (χ4v) is 3.05. The van der Waals surface area contributed by atoms with Crippen molar-refractivity contribution in [2.24, 2.45) is 7.05 Å². The Kier molecular flexibility index (Phi) is 4.64. The lowest BCUT2D eigenvalue weighted by Gasteiger charge is -2.17. The molecule has 24 heavy (non-hydrogen) atoms. The number of rotatable bonds is 4. The van der Waals surface area contributed by atoms with E-state index < -0.39 is 0 Å². The first-order valence-electron chi connectivity index (χ1n) is 7.97. The molecule has 2 aromatic heterocycles. The van der Waals surface area contributed by atoms with Crippen LogP contribution in [0.25, 0.3) is 11.2 Å². The predicted octanol–water partition coefficient (Wildman–Crippen LogP) is 1.03. The molecular formula is C16H21N5O3. The number of esters is 1. The number of urea groups is 1. The zero-order valence-corrected chi connectivity index (χ0v) is 13.9. The van der Waals surface area contributed by atoms with Gasteiger partial charge >= 0.3 is 12.0 Å². The Morgan fingerprint density at radius 2 is 2.29 bits per heavy atom. The number of fused-ring (bicyclic) bond motifs is 1. The third-order valence-electron chi connectivity index (χ3n) is 4.34. The lowest BCUT2D eigenvalue weighted by Crippen LogP contribution is -2.39. The average molecular weight is 331 g/mol. The van der Waals surface area contributed by atoms with E-state index in [4.69, 9.17) is 0 Å². The molecule has 8 heteroatoms. The summed E-state index contributed by atoms with van der Waals surface area (Å²) in [6.07, 6.45) is 2.79. The van der Waals surface area contributed by atoms with Crippen LogP contribution in [0.3, 0.4) is 0 Å². The van der Waals surface area contributed by atoms with Crippen molar-refractivity contribution in [3.8, 4) is 0 Å². The van der Waals surface area contributed by atoms with E-state index in [1.807, 2.05) is 23.7 Å². The van der Waals surface area contributed by atoms with Crippen molar-refractivity contribution >= 4 is 23.2 Å². The number of carbonyl (C=O) groups is 2. The summed E-state index contributed by atoms with van der Waals surface area (Å²) in [5.74, 6) is 0.811. The quantitative estimate of drug-likeness (QED) is 0.845. The van der Waals surface area contributed by atoms with E-state index in [1.165, 1.54) is 7.11 Å². The summed E-state index contributed by atoms with van der Waals surface area (Å²) in [6.45, 7) is 1.56. The van der Waals surface area contributed by atoms with Crippen molar-refractivity contribution in [3.63, 3.8) is 0 Å². The number of pyridine rings is 1. The number of hydrogen-bond acceptors (Lipinski definition) is 5. The molecule has 1 unspecified atom stereocenters. The monoisotopic (exact) mass is 331 g/mol. The second-order valence-corrected chi connectivity index (χ2v) is 5.86. The molecule has 1 aliphatic rings. The smallest absolute Gasteiger partial charge is 0.317 e. The van der Waals surface area contributed by atoms with Crippen molar-refractivity contribution < 1.29 is 14.3 Å². The molecule has 1 aliphatic heterocycles. The van der Waals surface area contributed by atoms with Gasteiger partial charge in [0.2, 0.25) is 0 Å². The Labute approximate surface area is 139 Å². The maximum Gasteiger partial charge on any atom is 0.317 e. The van der Waals surface area contributed by atoms with E-state index in [0.717, 1.165) is 23.4 Å². The van der Waals surface area contributed by atoms with E-state index in [0.29, 0.717) is 13.1 Å². The largest absolute Gasteiger partial charge is 0.469 e. The van der Waals surface area contributed by atoms with Crippen LogP contribution < -0.4 is 5.32 Å². The fraction of sp³-hybridized carbons (Fsp3) is 0.500. The van der Waals surface area contributed by atoms with Gasteiger partial charge < -0.3 is 19.5 Å². The molecule has 0 spiro atoms. The highest BCUT2D eigenvalue weighted by molar-refractivity contribution is 5.76. The first-order chi connectivity index (χ1) is 11.6. The van der Waals surface area contributed by atoms with E-state index >= 15 is 0 Å². The minimum atomic E-state index is -0.332. The first-order valence-corrected chi connectivity index (χ1v) is 7.97. The molecule has 2 aromatic rings. The summed E-state index contributed by atoms with van der Waals surface area (Å²) in [7, 11) is 3.29. The second kappa shape index (κ2) is 6.86. The number of amides is 2. The summed E-state index contributed by atoms with van der Waals surface area (Å²) < 4.78 is 6.55. The van der Waals surface area contributed by atoms with Crippen molar-refractivity contribution in [1.82, 2.24) is 24.8 Å². The van der Waals surface area contributed by atoms with Crippen molar-refractivity contribution in [2.45, 2.75) is 18.8 Å². The van der Waals surface area contributed by atoms with Gasteiger partial charge in [0.05, 0.1) is 13.5 Å². The van der Waals surface area contributed by atoms with Crippen LogP contribution in [-0.2, 0) is 16.6 Å². The van der Waals surface area contributed by atoms with Gasteiger partial charge in [0, 0.05) is 38.8 Å². The van der Waals surface area contributed by atoms with Gasteiger partial charge in [0.1, 0.15) is 11.3 Å². The van der Waals surface area contributed by atoms with E-state index in [2.05, 4.69) is 20.0 Å². The molecule has 8 nitrogen and oxygen atoms in total. The number of carbonyl (C=O) groups excluding carboxylic acids is 2. The Morgan fingerprint density at radius 3 is 3.04 bits per heavy atom. The molecule has 3 heterocycles. The molecule has 0 aromatic carbocycles. The van der Waals surface area contributed by atoms with Crippen LogP contribution >= 0.6 is 0 Å².